The van der Waals surface area contributed by atoms with Crippen LogP contribution >= 0.6 is 11.3 Å². The Bertz CT molecular complexity index is 1150. The third-order valence-corrected chi connectivity index (χ3v) is 7.03. The first kappa shape index (κ1) is 15.7. The van der Waals surface area contributed by atoms with Crippen molar-refractivity contribution in [1.29, 1.82) is 0 Å². The summed E-state index contributed by atoms with van der Waals surface area (Å²) in [5.74, 6) is 2.18. The van der Waals surface area contributed by atoms with Gasteiger partial charge in [-0.15, -0.1) is 11.3 Å². The summed E-state index contributed by atoms with van der Waals surface area (Å²) in [7, 11) is 0. The standard InChI is InChI=1S/C24H20OS/c1-14-15(2)24(26-16(14)3)23-19-10-6-7-11-20(19)25-21-13-12-17-8-4-5-9-18(17)22(21)23/h4-13,23H,1-3H3. The van der Waals surface area contributed by atoms with E-state index in [4.69, 9.17) is 4.74 Å². The zero-order chi connectivity index (χ0) is 17.8. The molecule has 2 heterocycles. The van der Waals surface area contributed by atoms with Crippen LogP contribution in [0.15, 0.2) is 60.7 Å². The van der Waals surface area contributed by atoms with Gasteiger partial charge in [-0.1, -0.05) is 48.5 Å². The Labute approximate surface area is 157 Å². The molecule has 4 aromatic rings. The average molecular weight is 356 g/mol. The molecule has 0 N–H and O–H groups in total. The molecule has 1 atom stereocenters. The van der Waals surface area contributed by atoms with E-state index in [9.17, 15) is 0 Å². The summed E-state index contributed by atoms with van der Waals surface area (Å²) in [6.45, 7) is 6.72. The predicted octanol–water partition coefficient (Wildman–Crippen LogP) is 7.11. The van der Waals surface area contributed by atoms with Gasteiger partial charge in [-0.3, -0.25) is 0 Å². The van der Waals surface area contributed by atoms with Crippen LogP contribution < -0.4 is 4.74 Å². The van der Waals surface area contributed by atoms with E-state index in [0.717, 1.165) is 11.5 Å². The Kier molecular flexibility index (Phi) is 3.44. The molecular weight excluding hydrogens is 336 g/mol. The van der Waals surface area contributed by atoms with Crippen LogP contribution in [0, 0.1) is 20.8 Å². The molecule has 26 heavy (non-hydrogen) atoms. The Hall–Kier alpha value is -2.58. The van der Waals surface area contributed by atoms with E-state index in [0.29, 0.717) is 0 Å². The Morgan fingerprint density at radius 1 is 0.769 bits per heavy atom. The van der Waals surface area contributed by atoms with Crippen molar-refractivity contribution in [2.24, 2.45) is 0 Å². The molecule has 128 valence electrons. The number of thiophene rings is 1. The highest BCUT2D eigenvalue weighted by atomic mass is 32.1. The fourth-order valence-electron chi connectivity index (χ4n) is 4.06. The second kappa shape index (κ2) is 5.72. The van der Waals surface area contributed by atoms with E-state index in [1.807, 2.05) is 11.3 Å². The van der Waals surface area contributed by atoms with Crippen LogP contribution in [0.1, 0.15) is 37.9 Å². The second-order valence-corrected chi connectivity index (χ2v) is 8.30. The van der Waals surface area contributed by atoms with Crippen molar-refractivity contribution >= 4 is 22.1 Å². The largest absolute Gasteiger partial charge is 0.457 e. The molecular formula is C24H20OS. The zero-order valence-electron chi connectivity index (χ0n) is 15.2. The van der Waals surface area contributed by atoms with E-state index in [2.05, 4.69) is 81.4 Å². The number of ether oxygens (including phenoxy) is 1. The van der Waals surface area contributed by atoms with E-state index >= 15 is 0 Å². The molecule has 0 aliphatic carbocycles. The van der Waals surface area contributed by atoms with Gasteiger partial charge in [0.2, 0.25) is 0 Å². The fraction of sp³-hybridized carbons (Fsp3) is 0.167. The number of fused-ring (bicyclic) bond motifs is 4. The number of para-hydroxylation sites is 1. The fourth-order valence-corrected chi connectivity index (χ4v) is 5.37. The maximum Gasteiger partial charge on any atom is 0.132 e. The van der Waals surface area contributed by atoms with Crippen molar-refractivity contribution in [2.75, 3.05) is 0 Å². The number of benzene rings is 3. The molecule has 1 aliphatic rings. The van der Waals surface area contributed by atoms with Crippen LogP contribution in [0.5, 0.6) is 11.5 Å². The highest BCUT2D eigenvalue weighted by Gasteiger charge is 2.32. The van der Waals surface area contributed by atoms with Crippen LogP contribution in [-0.2, 0) is 0 Å². The summed E-state index contributed by atoms with van der Waals surface area (Å²) in [6.07, 6.45) is 0. The Morgan fingerprint density at radius 3 is 2.35 bits per heavy atom. The Balaban J connectivity index is 1.89. The Morgan fingerprint density at radius 2 is 1.54 bits per heavy atom. The van der Waals surface area contributed by atoms with Gasteiger partial charge in [-0.25, -0.2) is 0 Å². The molecule has 5 rings (SSSR count). The van der Waals surface area contributed by atoms with Crippen molar-refractivity contribution in [3.63, 3.8) is 0 Å². The molecule has 0 fully saturated rings. The minimum atomic E-state index is 0.221. The molecule has 1 unspecified atom stereocenters. The number of rotatable bonds is 1. The minimum absolute atomic E-state index is 0.221. The molecule has 0 bridgehead atoms. The van der Waals surface area contributed by atoms with E-state index in [1.165, 1.54) is 42.8 Å². The van der Waals surface area contributed by atoms with Crippen molar-refractivity contribution in [1.82, 2.24) is 0 Å². The molecule has 1 nitrogen and oxygen atoms in total. The smallest absolute Gasteiger partial charge is 0.132 e. The van der Waals surface area contributed by atoms with Crippen LogP contribution in [-0.4, -0.2) is 0 Å². The first-order valence-corrected chi connectivity index (χ1v) is 9.81. The topological polar surface area (TPSA) is 9.23 Å². The number of aryl methyl sites for hydroxylation is 1. The van der Waals surface area contributed by atoms with Gasteiger partial charge >= 0.3 is 0 Å². The van der Waals surface area contributed by atoms with E-state index in [-0.39, 0.29) is 5.92 Å². The summed E-state index contributed by atoms with van der Waals surface area (Å²) in [6, 6.07) is 21.4. The summed E-state index contributed by atoms with van der Waals surface area (Å²) < 4.78 is 6.32. The molecule has 1 aliphatic heterocycles. The van der Waals surface area contributed by atoms with Gasteiger partial charge in [0.15, 0.2) is 0 Å². The lowest BCUT2D eigenvalue weighted by atomic mass is 9.82. The van der Waals surface area contributed by atoms with Gasteiger partial charge in [0.25, 0.3) is 0 Å². The van der Waals surface area contributed by atoms with Crippen LogP contribution in [0.25, 0.3) is 10.8 Å². The number of hydrogen-bond donors (Lipinski definition) is 0. The van der Waals surface area contributed by atoms with Gasteiger partial charge in [0.05, 0.1) is 5.92 Å². The molecule has 0 saturated heterocycles. The summed E-state index contributed by atoms with van der Waals surface area (Å²) in [5, 5.41) is 2.55. The molecule has 0 radical (unpaired) electrons. The van der Waals surface area contributed by atoms with Gasteiger partial charge in [-0.2, -0.15) is 0 Å². The van der Waals surface area contributed by atoms with Gasteiger partial charge in [-0.05, 0) is 54.8 Å². The molecule has 0 spiro atoms. The van der Waals surface area contributed by atoms with Gasteiger partial charge in [0.1, 0.15) is 11.5 Å². The minimum Gasteiger partial charge on any atom is -0.457 e. The third-order valence-electron chi connectivity index (χ3n) is 5.65. The SMILES string of the molecule is Cc1sc(C2c3ccccc3Oc3ccc4ccccc4c32)c(C)c1C. The first-order valence-electron chi connectivity index (χ1n) is 9.00. The van der Waals surface area contributed by atoms with Gasteiger partial charge in [0, 0.05) is 20.9 Å². The van der Waals surface area contributed by atoms with Crippen molar-refractivity contribution < 1.29 is 4.74 Å². The summed E-state index contributed by atoms with van der Waals surface area (Å²) >= 11 is 1.93. The lowest BCUT2D eigenvalue weighted by Crippen LogP contribution is -2.12. The normalized spacial score (nSPS) is 15.4. The monoisotopic (exact) mass is 356 g/mol. The van der Waals surface area contributed by atoms with Crippen LogP contribution in [0.3, 0.4) is 0 Å². The zero-order valence-corrected chi connectivity index (χ0v) is 16.0. The quantitative estimate of drug-likeness (QED) is 0.311. The van der Waals surface area contributed by atoms with E-state index in [1.54, 1.807) is 0 Å². The van der Waals surface area contributed by atoms with Crippen molar-refractivity contribution in [3.8, 4) is 11.5 Å². The maximum atomic E-state index is 6.32. The third kappa shape index (κ3) is 2.15. The maximum absolute atomic E-state index is 6.32. The highest BCUT2D eigenvalue weighted by molar-refractivity contribution is 7.12. The molecule has 0 saturated carbocycles. The molecule has 3 aromatic carbocycles. The molecule has 0 amide bonds. The van der Waals surface area contributed by atoms with Crippen LogP contribution in [0.4, 0.5) is 0 Å². The van der Waals surface area contributed by atoms with E-state index < -0.39 is 0 Å². The number of hydrogen-bond acceptors (Lipinski definition) is 2. The second-order valence-electron chi connectivity index (χ2n) is 7.04. The van der Waals surface area contributed by atoms with Gasteiger partial charge < -0.3 is 4.74 Å². The lowest BCUT2D eigenvalue weighted by molar-refractivity contribution is 0.455. The predicted molar refractivity (Wildman–Crippen MR) is 110 cm³/mol. The molecule has 2 heteroatoms. The first-order chi connectivity index (χ1) is 12.6. The summed E-state index contributed by atoms with van der Waals surface area (Å²) in [4.78, 5) is 2.84. The summed E-state index contributed by atoms with van der Waals surface area (Å²) in [5.41, 5.74) is 5.38. The van der Waals surface area contributed by atoms with Crippen molar-refractivity contribution in [3.05, 3.63) is 92.7 Å². The average Bonchev–Trinajstić information content (AvgIpc) is 2.93. The van der Waals surface area contributed by atoms with Crippen LogP contribution in [0.2, 0.25) is 0 Å². The molecule has 1 aromatic heterocycles. The highest BCUT2D eigenvalue weighted by Crippen LogP contribution is 2.52. The van der Waals surface area contributed by atoms with Crippen molar-refractivity contribution in [2.45, 2.75) is 26.7 Å². The lowest BCUT2D eigenvalue weighted by Gasteiger charge is -2.29.